The first-order valence-corrected chi connectivity index (χ1v) is 10.3. The number of likely N-dealkylation sites (N-methyl/N-ethyl adjacent to an activating group) is 1. The Morgan fingerprint density at radius 1 is 0.963 bits per heavy atom. The van der Waals surface area contributed by atoms with Gasteiger partial charge in [-0.05, 0) is 25.6 Å². The van der Waals surface area contributed by atoms with E-state index in [1.54, 1.807) is 0 Å². The van der Waals surface area contributed by atoms with Crippen LogP contribution < -0.4 is 21.5 Å². The summed E-state index contributed by atoms with van der Waals surface area (Å²) in [4.78, 5) is 2.51. The molecule has 4 heteroatoms. The number of benzene rings is 1. The maximum Gasteiger partial charge on any atom is 0.202 e. The van der Waals surface area contributed by atoms with E-state index in [-0.39, 0.29) is 17.0 Å². The molecule has 0 saturated heterocycles. The van der Waals surface area contributed by atoms with Crippen LogP contribution >= 0.6 is 0 Å². The maximum absolute atomic E-state index is 2.55. The lowest BCUT2D eigenvalue weighted by Crippen LogP contribution is -3.00. The Bertz CT molecular complexity index is 865. The molecule has 3 nitrogen and oxygen atoms in total. The van der Waals surface area contributed by atoms with Crippen LogP contribution in [0.15, 0.2) is 36.5 Å². The van der Waals surface area contributed by atoms with E-state index in [4.69, 9.17) is 0 Å². The molecule has 0 aliphatic heterocycles. The van der Waals surface area contributed by atoms with Gasteiger partial charge in [-0.2, -0.15) is 0 Å². The summed E-state index contributed by atoms with van der Waals surface area (Å²) in [5.41, 5.74) is 4.18. The molecule has 27 heavy (non-hydrogen) atoms. The number of halogens is 1. The van der Waals surface area contributed by atoms with Gasteiger partial charge in [-0.3, -0.25) is 0 Å². The van der Waals surface area contributed by atoms with E-state index in [0.717, 1.165) is 32.7 Å². The monoisotopic (exact) mass is 431 g/mol. The second-order valence-corrected chi connectivity index (χ2v) is 7.26. The fraction of sp³-hybridized carbons (Fsp3) is 0.522. The molecule has 1 aromatic carbocycles. The van der Waals surface area contributed by atoms with Gasteiger partial charge >= 0.3 is 0 Å². The summed E-state index contributed by atoms with van der Waals surface area (Å²) in [5, 5.41) is 2.77. The molecule has 0 bridgehead atoms. The van der Waals surface area contributed by atoms with Gasteiger partial charge in [0.1, 0.15) is 12.1 Å². The third-order valence-corrected chi connectivity index (χ3v) is 5.74. The predicted molar refractivity (Wildman–Crippen MR) is 112 cm³/mol. The van der Waals surface area contributed by atoms with E-state index in [0.29, 0.717) is 0 Å². The Morgan fingerprint density at radius 2 is 1.70 bits per heavy atom. The lowest BCUT2D eigenvalue weighted by atomic mass is 10.1. The predicted octanol–water partition coefficient (Wildman–Crippen LogP) is 1.93. The molecule has 148 valence electrons. The molecule has 0 fully saturated rings. The largest absolute Gasteiger partial charge is 1.00 e. The van der Waals surface area contributed by atoms with Crippen molar-refractivity contribution in [3.63, 3.8) is 0 Å². The van der Waals surface area contributed by atoms with E-state index in [1.807, 2.05) is 0 Å². The van der Waals surface area contributed by atoms with Crippen LogP contribution in [0.25, 0.3) is 21.8 Å². The quantitative estimate of drug-likeness (QED) is 0.372. The Kier molecular flexibility index (Phi) is 8.30. The smallest absolute Gasteiger partial charge is 0.202 e. The first-order valence-electron chi connectivity index (χ1n) is 10.3. The van der Waals surface area contributed by atoms with Crippen LogP contribution in [0.2, 0.25) is 0 Å². The number of aryl methyl sites for hydroxylation is 2. The number of pyridine rings is 1. The van der Waals surface area contributed by atoms with Crippen molar-refractivity contribution in [1.82, 2.24) is 9.47 Å². The molecule has 0 radical (unpaired) electrons. The van der Waals surface area contributed by atoms with Crippen molar-refractivity contribution in [3.05, 3.63) is 42.2 Å². The molecule has 0 aliphatic rings. The van der Waals surface area contributed by atoms with Gasteiger partial charge < -0.3 is 26.4 Å². The molecule has 0 unspecified atom stereocenters. The summed E-state index contributed by atoms with van der Waals surface area (Å²) in [6, 6.07) is 11.2. The lowest BCUT2D eigenvalue weighted by Gasteiger charge is -2.19. The van der Waals surface area contributed by atoms with Gasteiger partial charge in [-0.1, -0.05) is 45.4 Å². The van der Waals surface area contributed by atoms with Crippen molar-refractivity contribution in [2.75, 3.05) is 19.6 Å². The number of nitrogens with zero attached hydrogens (tertiary/aromatic N) is 3. The maximum atomic E-state index is 2.55. The molecule has 2 heterocycles. The molecule has 0 saturated carbocycles. The van der Waals surface area contributed by atoms with Crippen molar-refractivity contribution in [1.29, 1.82) is 0 Å². The van der Waals surface area contributed by atoms with Crippen molar-refractivity contribution in [3.8, 4) is 0 Å². The van der Waals surface area contributed by atoms with Crippen molar-refractivity contribution in [2.24, 2.45) is 0 Å². The van der Waals surface area contributed by atoms with E-state index in [1.165, 1.54) is 46.8 Å². The lowest BCUT2D eigenvalue weighted by molar-refractivity contribution is -0.702. The molecule has 0 aliphatic carbocycles. The van der Waals surface area contributed by atoms with E-state index in [9.17, 15) is 0 Å². The van der Waals surface area contributed by atoms with E-state index in [2.05, 4.69) is 78.3 Å². The number of para-hydroxylation sites is 1. The Balaban J connectivity index is 0.00000261. The van der Waals surface area contributed by atoms with Gasteiger partial charge in [0.15, 0.2) is 6.20 Å². The summed E-state index contributed by atoms with van der Waals surface area (Å²) in [6.07, 6.45) is 6.11. The van der Waals surface area contributed by atoms with Crippen molar-refractivity contribution < 1.29 is 21.5 Å². The number of fused-ring (bicyclic) bond motifs is 3. The molecular weight excluding hydrogens is 398 g/mol. The molecule has 0 N–H and O–H groups in total. The fourth-order valence-electron chi connectivity index (χ4n) is 4.09. The van der Waals surface area contributed by atoms with Crippen LogP contribution in [0.1, 0.15) is 45.7 Å². The summed E-state index contributed by atoms with van der Waals surface area (Å²) in [6.45, 7) is 14.6. The van der Waals surface area contributed by atoms with Crippen LogP contribution in [0, 0.1) is 6.92 Å². The number of hydrogen-bond acceptors (Lipinski definition) is 1. The first kappa shape index (κ1) is 21.9. The highest BCUT2D eigenvalue weighted by Crippen LogP contribution is 2.29. The number of hydrogen-bond donors (Lipinski definition) is 0. The average Bonchev–Trinajstić information content (AvgIpc) is 2.99. The summed E-state index contributed by atoms with van der Waals surface area (Å²) in [5.74, 6) is 0. The number of rotatable bonds is 9. The minimum Gasteiger partial charge on any atom is -1.00 e. The molecule has 3 rings (SSSR count). The minimum atomic E-state index is 0. The zero-order valence-corrected chi connectivity index (χ0v) is 18.9. The Labute approximate surface area is 174 Å². The topological polar surface area (TPSA) is 12.0 Å². The third kappa shape index (κ3) is 4.55. The van der Waals surface area contributed by atoms with Gasteiger partial charge in [0.05, 0.1) is 0 Å². The van der Waals surface area contributed by atoms with Crippen molar-refractivity contribution in [2.45, 2.75) is 60.0 Å². The van der Waals surface area contributed by atoms with E-state index < -0.39 is 0 Å². The summed E-state index contributed by atoms with van der Waals surface area (Å²) >= 11 is 0. The molecular formula is C23H34BrN3. The normalized spacial score (nSPS) is 11.4. The minimum absolute atomic E-state index is 0. The van der Waals surface area contributed by atoms with Gasteiger partial charge in [0.2, 0.25) is 5.69 Å². The van der Waals surface area contributed by atoms with Gasteiger partial charge in [0, 0.05) is 48.8 Å². The summed E-state index contributed by atoms with van der Waals surface area (Å²) in [7, 11) is 0. The van der Waals surface area contributed by atoms with Crippen LogP contribution in [0.5, 0.6) is 0 Å². The van der Waals surface area contributed by atoms with Crippen LogP contribution in [-0.2, 0) is 13.1 Å². The fourth-order valence-corrected chi connectivity index (χ4v) is 4.09. The third-order valence-electron chi connectivity index (χ3n) is 5.74. The Morgan fingerprint density at radius 3 is 2.41 bits per heavy atom. The Hall–Kier alpha value is -1.39. The second kappa shape index (κ2) is 10.2. The van der Waals surface area contributed by atoms with Crippen molar-refractivity contribution >= 4 is 21.8 Å². The molecule has 2 aromatic heterocycles. The number of unbranched alkanes of at least 4 members (excludes halogenated alkanes) is 2. The van der Waals surface area contributed by atoms with Gasteiger partial charge in [-0.15, -0.1) is 0 Å². The highest BCUT2D eigenvalue weighted by molar-refractivity contribution is 6.08. The van der Waals surface area contributed by atoms with Crippen LogP contribution in [-0.4, -0.2) is 29.1 Å². The summed E-state index contributed by atoms with van der Waals surface area (Å²) < 4.78 is 5.00. The molecule has 0 spiro atoms. The first-order chi connectivity index (χ1) is 12.7. The SMILES string of the molecule is CCCCC[n+]1ccc2c3ccccc3n(CCN(CC)CC)c2c1C.[Br-]. The molecule has 3 aromatic rings. The highest BCUT2D eigenvalue weighted by Gasteiger charge is 2.19. The van der Waals surface area contributed by atoms with Crippen LogP contribution in [0.4, 0.5) is 0 Å². The van der Waals surface area contributed by atoms with Gasteiger partial charge in [-0.25, -0.2) is 4.57 Å². The zero-order chi connectivity index (χ0) is 18.5. The molecule has 0 atom stereocenters. The molecule has 0 amide bonds. The van der Waals surface area contributed by atoms with Gasteiger partial charge in [0.25, 0.3) is 0 Å². The zero-order valence-electron chi connectivity index (χ0n) is 17.3. The standard InChI is InChI=1S/C23H34N3.BrH/c1-5-8-11-15-25-16-14-21-20-12-9-10-13-22(20)26(23(21)19(25)4)18-17-24(6-2)7-3;/h9-10,12-14,16H,5-8,11,15,17-18H2,1-4H3;1H/q+1;/p-1. The highest BCUT2D eigenvalue weighted by atomic mass is 79.9. The number of aromatic nitrogens is 2. The second-order valence-electron chi connectivity index (χ2n) is 7.26. The average molecular weight is 432 g/mol. The van der Waals surface area contributed by atoms with Crippen LogP contribution in [0.3, 0.4) is 0 Å². The van der Waals surface area contributed by atoms with E-state index >= 15 is 0 Å².